The van der Waals surface area contributed by atoms with Crippen molar-refractivity contribution in [2.75, 3.05) is 43.1 Å². The van der Waals surface area contributed by atoms with Gasteiger partial charge in [-0.1, -0.05) is 18.2 Å². The van der Waals surface area contributed by atoms with Crippen LogP contribution in [0.15, 0.2) is 53.3 Å². The third-order valence-corrected chi connectivity index (χ3v) is 5.29. The summed E-state index contributed by atoms with van der Waals surface area (Å²) in [5.41, 5.74) is 0.386. The van der Waals surface area contributed by atoms with Gasteiger partial charge in [-0.2, -0.15) is 4.98 Å². The zero-order valence-electron chi connectivity index (χ0n) is 19.0. The molecule has 36 heavy (non-hydrogen) atoms. The molecule has 2 heterocycles. The summed E-state index contributed by atoms with van der Waals surface area (Å²) in [6.07, 6.45) is 2.97. The third-order valence-electron chi connectivity index (χ3n) is 5.29. The Bertz CT molecular complexity index is 1310. The van der Waals surface area contributed by atoms with Crippen LogP contribution in [-0.2, 0) is 9.53 Å². The molecule has 1 aromatic heterocycles. The number of hydrogen-bond donors (Lipinski definition) is 3. The Labute approximate surface area is 205 Å². The van der Waals surface area contributed by atoms with E-state index >= 15 is 0 Å². The lowest BCUT2D eigenvalue weighted by Crippen LogP contribution is -2.36. The molecule has 0 aliphatic carbocycles. The van der Waals surface area contributed by atoms with E-state index in [9.17, 15) is 24.8 Å². The first-order chi connectivity index (χ1) is 17.4. The summed E-state index contributed by atoms with van der Waals surface area (Å²) in [6.45, 7) is 2.91. The highest BCUT2D eigenvalue weighted by molar-refractivity contribution is 5.92. The van der Waals surface area contributed by atoms with Crippen molar-refractivity contribution in [3.63, 3.8) is 0 Å². The number of benzene rings is 2. The standard InChI is InChI=1S/C24H23N5O7/c30-21(25-17-4-6-18(7-5-17)28-11-13-35-14-12-28)15-36-19-8-1-16(2-9-19)3-10-20-26-23(31)22(29(33)34)24(32)27-20/h1-10H,11-15H2,(H,25,30)(H2,26,27,31,32)/b10-3+. The lowest BCUT2D eigenvalue weighted by atomic mass is 10.2. The molecular weight excluding hydrogens is 470 g/mol. The molecule has 2 aromatic carbocycles. The van der Waals surface area contributed by atoms with Gasteiger partial charge in [0, 0.05) is 24.5 Å². The number of aromatic amines is 1. The summed E-state index contributed by atoms with van der Waals surface area (Å²) in [5, 5.41) is 23.1. The van der Waals surface area contributed by atoms with Gasteiger partial charge < -0.3 is 29.8 Å². The number of anilines is 2. The average Bonchev–Trinajstić information content (AvgIpc) is 2.87. The zero-order chi connectivity index (χ0) is 25.5. The second-order valence-electron chi connectivity index (χ2n) is 7.77. The molecule has 12 heteroatoms. The highest BCUT2D eigenvalue weighted by atomic mass is 16.6. The van der Waals surface area contributed by atoms with E-state index in [-0.39, 0.29) is 18.3 Å². The van der Waals surface area contributed by atoms with E-state index in [1.165, 1.54) is 6.08 Å². The monoisotopic (exact) mass is 493 g/mol. The van der Waals surface area contributed by atoms with Crippen molar-refractivity contribution in [2.24, 2.45) is 0 Å². The number of aromatic nitrogens is 2. The molecular formula is C24H23N5O7. The summed E-state index contributed by atoms with van der Waals surface area (Å²) < 4.78 is 10.9. The van der Waals surface area contributed by atoms with Gasteiger partial charge in [-0.25, -0.2) is 0 Å². The summed E-state index contributed by atoms with van der Waals surface area (Å²) in [4.78, 5) is 41.7. The molecule has 0 atom stereocenters. The molecule has 0 spiro atoms. The van der Waals surface area contributed by atoms with Crippen molar-refractivity contribution < 1.29 is 24.3 Å². The highest BCUT2D eigenvalue weighted by Gasteiger charge is 2.21. The van der Waals surface area contributed by atoms with Gasteiger partial charge in [0.05, 0.1) is 18.1 Å². The minimum Gasteiger partial charge on any atom is -0.488 e. The van der Waals surface area contributed by atoms with Crippen LogP contribution in [0, 0.1) is 10.1 Å². The van der Waals surface area contributed by atoms with Crippen molar-refractivity contribution in [3.05, 3.63) is 80.4 Å². The summed E-state index contributed by atoms with van der Waals surface area (Å²) in [7, 11) is 0. The average molecular weight is 493 g/mol. The van der Waals surface area contributed by atoms with E-state index in [0.29, 0.717) is 30.2 Å². The molecule has 186 valence electrons. The summed E-state index contributed by atoms with van der Waals surface area (Å²) >= 11 is 0. The minimum atomic E-state index is -1.05. The van der Waals surface area contributed by atoms with E-state index in [1.807, 2.05) is 24.3 Å². The maximum Gasteiger partial charge on any atom is 0.395 e. The van der Waals surface area contributed by atoms with Crippen molar-refractivity contribution in [1.82, 2.24) is 9.97 Å². The number of nitrogens with zero attached hydrogens (tertiary/aromatic N) is 3. The number of nitrogens with one attached hydrogen (secondary N) is 2. The zero-order valence-corrected chi connectivity index (χ0v) is 19.0. The molecule has 0 bridgehead atoms. The normalized spacial score (nSPS) is 13.5. The molecule has 4 rings (SSSR count). The molecule has 3 aromatic rings. The number of nitro groups is 1. The number of amides is 1. The van der Waals surface area contributed by atoms with Crippen LogP contribution in [0.1, 0.15) is 11.4 Å². The fraction of sp³-hybridized carbons (Fsp3) is 0.208. The first-order valence-corrected chi connectivity index (χ1v) is 11.0. The predicted octanol–water partition coefficient (Wildman–Crippen LogP) is 2.41. The number of aromatic hydroxyl groups is 1. The molecule has 3 N–H and O–H groups in total. The van der Waals surface area contributed by atoms with Gasteiger partial charge in [-0.15, -0.1) is 0 Å². The van der Waals surface area contributed by atoms with Crippen LogP contribution in [0.3, 0.4) is 0 Å². The van der Waals surface area contributed by atoms with Crippen LogP contribution in [-0.4, -0.2) is 58.8 Å². The van der Waals surface area contributed by atoms with Gasteiger partial charge in [-0.05, 0) is 48.0 Å². The minimum absolute atomic E-state index is 0.0434. The SMILES string of the molecule is O=C(COc1ccc(/C=C/c2nc(O)c([N+](=O)[O-])c(=O)[nH]2)cc1)Nc1ccc(N2CCOCC2)cc1. The molecule has 1 saturated heterocycles. The van der Waals surface area contributed by atoms with Gasteiger partial charge in [0.1, 0.15) is 11.6 Å². The van der Waals surface area contributed by atoms with Gasteiger partial charge in [0.25, 0.3) is 11.8 Å². The van der Waals surface area contributed by atoms with Crippen LogP contribution in [0.2, 0.25) is 0 Å². The first kappa shape index (κ1) is 24.4. The number of H-pyrrole nitrogens is 1. The van der Waals surface area contributed by atoms with Gasteiger partial charge in [0.2, 0.25) is 0 Å². The topological polar surface area (TPSA) is 160 Å². The van der Waals surface area contributed by atoms with Gasteiger partial charge >= 0.3 is 11.2 Å². The van der Waals surface area contributed by atoms with Crippen molar-refractivity contribution in [1.29, 1.82) is 0 Å². The molecule has 1 fully saturated rings. The number of rotatable bonds is 8. The summed E-state index contributed by atoms with van der Waals surface area (Å²) in [6, 6.07) is 14.3. The van der Waals surface area contributed by atoms with Crippen molar-refractivity contribution >= 4 is 35.1 Å². The molecule has 1 amide bonds. The van der Waals surface area contributed by atoms with Crippen molar-refractivity contribution in [3.8, 4) is 11.6 Å². The molecule has 1 aliphatic heterocycles. The predicted molar refractivity (Wildman–Crippen MR) is 132 cm³/mol. The van der Waals surface area contributed by atoms with E-state index in [1.54, 1.807) is 30.3 Å². The Morgan fingerprint density at radius 1 is 1.17 bits per heavy atom. The van der Waals surface area contributed by atoms with Crippen LogP contribution < -0.4 is 20.5 Å². The van der Waals surface area contributed by atoms with Gasteiger partial charge in [-0.3, -0.25) is 19.7 Å². The van der Waals surface area contributed by atoms with E-state index < -0.39 is 22.0 Å². The third kappa shape index (κ3) is 6.24. The maximum atomic E-state index is 12.2. The van der Waals surface area contributed by atoms with E-state index in [2.05, 4.69) is 20.2 Å². The lowest BCUT2D eigenvalue weighted by molar-refractivity contribution is -0.387. The Morgan fingerprint density at radius 3 is 2.50 bits per heavy atom. The van der Waals surface area contributed by atoms with Crippen LogP contribution >= 0.6 is 0 Å². The molecule has 12 nitrogen and oxygen atoms in total. The highest BCUT2D eigenvalue weighted by Crippen LogP contribution is 2.20. The Balaban J connectivity index is 1.28. The largest absolute Gasteiger partial charge is 0.488 e. The number of carbonyl (C=O) groups is 1. The second-order valence-corrected chi connectivity index (χ2v) is 7.77. The van der Waals surface area contributed by atoms with Crippen LogP contribution in [0.25, 0.3) is 12.2 Å². The smallest absolute Gasteiger partial charge is 0.395 e. The Morgan fingerprint density at radius 2 is 1.86 bits per heavy atom. The maximum absolute atomic E-state index is 12.2. The van der Waals surface area contributed by atoms with Crippen LogP contribution in [0.5, 0.6) is 11.6 Å². The number of carbonyl (C=O) groups excluding carboxylic acids is 1. The van der Waals surface area contributed by atoms with E-state index in [4.69, 9.17) is 9.47 Å². The molecule has 0 radical (unpaired) electrons. The summed E-state index contributed by atoms with van der Waals surface area (Å²) in [5.74, 6) is -0.827. The second kappa shape index (κ2) is 11.1. The fourth-order valence-corrected chi connectivity index (χ4v) is 3.49. The quantitative estimate of drug-likeness (QED) is 0.316. The molecule has 0 unspecified atom stereocenters. The Hall–Kier alpha value is -4.71. The number of ether oxygens (including phenoxy) is 2. The number of morpholine rings is 1. The van der Waals surface area contributed by atoms with Gasteiger partial charge in [0.15, 0.2) is 6.61 Å². The lowest BCUT2D eigenvalue weighted by Gasteiger charge is -2.28. The number of hydrogen-bond acceptors (Lipinski definition) is 9. The van der Waals surface area contributed by atoms with E-state index in [0.717, 1.165) is 18.8 Å². The fourth-order valence-electron chi connectivity index (χ4n) is 3.49. The first-order valence-electron chi connectivity index (χ1n) is 11.0. The Kier molecular flexibility index (Phi) is 7.56. The molecule has 1 aliphatic rings. The van der Waals surface area contributed by atoms with Crippen LogP contribution in [0.4, 0.5) is 17.1 Å². The molecule has 0 saturated carbocycles. The van der Waals surface area contributed by atoms with Crippen molar-refractivity contribution in [2.45, 2.75) is 0 Å².